The summed E-state index contributed by atoms with van der Waals surface area (Å²) in [6, 6.07) is 6.00. The number of thiophene rings is 1. The van der Waals surface area contributed by atoms with E-state index in [-0.39, 0.29) is 17.7 Å². The second-order valence-corrected chi connectivity index (χ2v) is 6.84. The molecule has 1 aliphatic rings. The molecule has 1 fully saturated rings. The Morgan fingerprint density at radius 2 is 1.91 bits per heavy atom. The Labute approximate surface area is 139 Å². The zero-order chi connectivity index (χ0) is 16.6. The highest BCUT2D eigenvalue weighted by molar-refractivity contribution is 7.13. The van der Waals surface area contributed by atoms with Crippen LogP contribution in [0, 0.1) is 19.8 Å². The molecule has 2 aromatic heterocycles. The molecule has 3 rings (SSSR count). The van der Waals surface area contributed by atoms with Gasteiger partial charge in [0, 0.05) is 31.5 Å². The molecule has 2 aromatic rings. The van der Waals surface area contributed by atoms with Crippen molar-refractivity contribution in [2.75, 3.05) is 20.1 Å². The van der Waals surface area contributed by atoms with Crippen molar-refractivity contribution in [3.63, 3.8) is 0 Å². The topological polar surface area (TPSA) is 54.3 Å². The molecule has 5 nitrogen and oxygen atoms in total. The standard InChI is InChI=1S/C17H21N3O2S/c1-11-4-5-12(2)20(11)17-14(7-9-23-17)16(22)19-8-6-13(10-19)15(21)18-3/h4-5,7,9,13H,6,8,10H2,1-3H3,(H,18,21). The van der Waals surface area contributed by atoms with Crippen LogP contribution in [0.5, 0.6) is 0 Å². The van der Waals surface area contributed by atoms with E-state index in [2.05, 4.69) is 22.0 Å². The Kier molecular flexibility index (Phi) is 4.26. The maximum atomic E-state index is 12.9. The largest absolute Gasteiger partial charge is 0.359 e. The third-order valence-electron chi connectivity index (χ3n) is 4.44. The third kappa shape index (κ3) is 2.79. The van der Waals surface area contributed by atoms with E-state index in [4.69, 9.17) is 0 Å². The van der Waals surface area contributed by atoms with Gasteiger partial charge in [-0.1, -0.05) is 0 Å². The molecule has 0 radical (unpaired) electrons. The molecule has 6 heteroatoms. The predicted molar refractivity (Wildman–Crippen MR) is 91.2 cm³/mol. The monoisotopic (exact) mass is 331 g/mol. The summed E-state index contributed by atoms with van der Waals surface area (Å²) in [5, 5.41) is 5.58. The maximum Gasteiger partial charge on any atom is 0.256 e. The fourth-order valence-electron chi connectivity index (χ4n) is 3.16. The minimum atomic E-state index is -0.0962. The molecular weight excluding hydrogens is 310 g/mol. The SMILES string of the molecule is CNC(=O)C1CCN(C(=O)c2ccsc2-n2c(C)ccc2C)C1. The second kappa shape index (κ2) is 6.20. The summed E-state index contributed by atoms with van der Waals surface area (Å²) in [5.74, 6) is -0.0656. The first kappa shape index (κ1) is 15.8. The minimum absolute atomic E-state index is 0.0140. The zero-order valence-electron chi connectivity index (χ0n) is 13.6. The van der Waals surface area contributed by atoms with E-state index in [1.165, 1.54) is 0 Å². The van der Waals surface area contributed by atoms with Gasteiger partial charge in [0.25, 0.3) is 5.91 Å². The fourth-order valence-corrected chi connectivity index (χ4v) is 4.17. The number of carbonyl (C=O) groups excluding carboxylic acids is 2. The van der Waals surface area contributed by atoms with Crippen LogP contribution in [0.4, 0.5) is 0 Å². The van der Waals surface area contributed by atoms with Crippen LogP contribution < -0.4 is 5.32 Å². The molecule has 2 amide bonds. The Bertz CT molecular complexity index is 727. The number of aryl methyl sites for hydroxylation is 2. The number of amides is 2. The summed E-state index contributed by atoms with van der Waals surface area (Å²) in [6.07, 6.45) is 0.729. The Morgan fingerprint density at radius 3 is 2.57 bits per heavy atom. The van der Waals surface area contributed by atoms with Crippen LogP contribution >= 0.6 is 11.3 Å². The van der Waals surface area contributed by atoms with Crippen molar-refractivity contribution in [3.05, 3.63) is 40.5 Å². The number of likely N-dealkylation sites (tertiary alicyclic amines) is 1. The van der Waals surface area contributed by atoms with Crippen LogP contribution in [-0.4, -0.2) is 41.4 Å². The molecular formula is C17H21N3O2S. The van der Waals surface area contributed by atoms with Crippen molar-refractivity contribution in [2.24, 2.45) is 5.92 Å². The van der Waals surface area contributed by atoms with Gasteiger partial charge in [-0.3, -0.25) is 9.59 Å². The van der Waals surface area contributed by atoms with Gasteiger partial charge < -0.3 is 14.8 Å². The van der Waals surface area contributed by atoms with Gasteiger partial charge in [0.1, 0.15) is 5.00 Å². The molecule has 0 spiro atoms. The van der Waals surface area contributed by atoms with E-state index >= 15 is 0 Å². The molecule has 3 heterocycles. The number of nitrogens with zero attached hydrogens (tertiary/aromatic N) is 2. The average Bonchev–Trinajstić information content (AvgIpc) is 3.26. The average molecular weight is 331 g/mol. The van der Waals surface area contributed by atoms with Crippen molar-refractivity contribution in [2.45, 2.75) is 20.3 Å². The summed E-state index contributed by atoms with van der Waals surface area (Å²) in [7, 11) is 1.64. The summed E-state index contributed by atoms with van der Waals surface area (Å²) >= 11 is 1.57. The van der Waals surface area contributed by atoms with Gasteiger partial charge in [0.15, 0.2) is 0 Å². The lowest BCUT2D eigenvalue weighted by Crippen LogP contribution is -2.33. The molecule has 1 saturated heterocycles. The van der Waals surface area contributed by atoms with E-state index in [1.54, 1.807) is 23.3 Å². The van der Waals surface area contributed by atoms with Crippen molar-refractivity contribution >= 4 is 23.2 Å². The van der Waals surface area contributed by atoms with E-state index in [0.717, 1.165) is 28.4 Å². The first-order chi connectivity index (χ1) is 11.0. The van der Waals surface area contributed by atoms with Crippen LogP contribution in [0.1, 0.15) is 28.2 Å². The van der Waals surface area contributed by atoms with E-state index in [9.17, 15) is 9.59 Å². The first-order valence-electron chi connectivity index (χ1n) is 7.76. The lowest BCUT2D eigenvalue weighted by Gasteiger charge is -2.17. The molecule has 0 saturated carbocycles. The van der Waals surface area contributed by atoms with Crippen LogP contribution in [-0.2, 0) is 4.79 Å². The molecule has 0 aliphatic carbocycles. The normalized spacial score (nSPS) is 17.5. The van der Waals surface area contributed by atoms with Crippen molar-refractivity contribution in [1.82, 2.24) is 14.8 Å². The molecule has 1 aliphatic heterocycles. The van der Waals surface area contributed by atoms with E-state index < -0.39 is 0 Å². The second-order valence-electron chi connectivity index (χ2n) is 5.94. The molecule has 0 aromatic carbocycles. The lowest BCUT2D eigenvalue weighted by molar-refractivity contribution is -0.124. The highest BCUT2D eigenvalue weighted by Crippen LogP contribution is 2.28. The van der Waals surface area contributed by atoms with Crippen LogP contribution in [0.2, 0.25) is 0 Å². The van der Waals surface area contributed by atoms with Gasteiger partial charge in [-0.15, -0.1) is 11.3 Å². The summed E-state index contributed by atoms with van der Waals surface area (Å²) in [5.41, 5.74) is 2.95. The highest BCUT2D eigenvalue weighted by atomic mass is 32.1. The molecule has 0 bridgehead atoms. The molecule has 1 atom stereocenters. The molecule has 1 N–H and O–H groups in total. The number of rotatable bonds is 3. The van der Waals surface area contributed by atoms with Gasteiger partial charge in [0.2, 0.25) is 5.91 Å². The van der Waals surface area contributed by atoms with Gasteiger partial charge in [0.05, 0.1) is 11.5 Å². The quantitative estimate of drug-likeness (QED) is 0.939. The number of carbonyl (C=O) groups is 2. The van der Waals surface area contributed by atoms with Gasteiger partial charge >= 0.3 is 0 Å². The van der Waals surface area contributed by atoms with E-state index in [0.29, 0.717) is 13.1 Å². The Morgan fingerprint density at radius 1 is 1.22 bits per heavy atom. The van der Waals surface area contributed by atoms with Gasteiger partial charge in [-0.2, -0.15) is 0 Å². The van der Waals surface area contributed by atoms with Gasteiger partial charge in [-0.05, 0) is 43.8 Å². The molecule has 1 unspecified atom stereocenters. The lowest BCUT2D eigenvalue weighted by atomic mass is 10.1. The fraction of sp³-hybridized carbons (Fsp3) is 0.412. The van der Waals surface area contributed by atoms with Crippen molar-refractivity contribution < 1.29 is 9.59 Å². The highest BCUT2D eigenvalue weighted by Gasteiger charge is 2.32. The molecule has 23 heavy (non-hydrogen) atoms. The predicted octanol–water partition coefficient (Wildman–Crippen LogP) is 2.36. The van der Waals surface area contributed by atoms with Crippen LogP contribution in [0.15, 0.2) is 23.6 Å². The maximum absolute atomic E-state index is 12.9. The summed E-state index contributed by atoms with van der Waals surface area (Å²) < 4.78 is 2.12. The zero-order valence-corrected chi connectivity index (χ0v) is 14.4. The third-order valence-corrected chi connectivity index (χ3v) is 5.34. The number of aromatic nitrogens is 1. The van der Waals surface area contributed by atoms with Crippen molar-refractivity contribution in [3.8, 4) is 5.00 Å². The van der Waals surface area contributed by atoms with Crippen LogP contribution in [0.3, 0.4) is 0 Å². The smallest absolute Gasteiger partial charge is 0.256 e. The Balaban J connectivity index is 1.86. The minimum Gasteiger partial charge on any atom is -0.359 e. The van der Waals surface area contributed by atoms with Gasteiger partial charge in [-0.25, -0.2) is 0 Å². The Hall–Kier alpha value is -2.08. The number of nitrogens with one attached hydrogen (secondary N) is 1. The first-order valence-corrected chi connectivity index (χ1v) is 8.64. The summed E-state index contributed by atoms with van der Waals surface area (Å²) in [4.78, 5) is 26.4. The molecule has 122 valence electrons. The van der Waals surface area contributed by atoms with E-state index in [1.807, 2.05) is 25.3 Å². The number of hydrogen-bond acceptors (Lipinski definition) is 3. The van der Waals surface area contributed by atoms with Crippen LogP contribution in [0.25, 0.3) is 5.00 Å². The van der Waals surface area contributed by atoms with Crippen molar-refractivity contribution in [1.29, 1.82) is 0 Å². The summed E-state index contributed by atoms with van der Waals surface area (Å²) in [6.45, 7) is 5.21. The number of hydrogen-bond donors (Lipinski definition) is 1.